The van der Waals surface area contributed by atoms with E-state index in [9.17, 15) is 9.36 Å². The lowest BCUT2D eigenvalue weighted by molar-refractivity contribution is 0.123. The molecule has 0 spiro atoms. The molecule has 0 N–H and O–H groups in total. The van der Waals surface area contributed by atoms with Crippen LogP contribution in [0.5, 0.6) is 0 Å². The third-order valence-corrected chi connectivity index (χ3v) is 1.05. The molecule has 0 saturated heterocycles. The van der Waals surface area contributed by atoms with Crippen molar-refractivity contribution in [3.63, 3.8) is 0 Å². The molecule has 0 aromatic carbocycles. The fraction of sp³-hybridized carbons (Fsp3) is 0.750. The van der Waals surface area contributed by atoms with Crippen molar-refractivity contribution in [2.75, 3.05) is 20.4 Å². The number of ether oxygens (including phenoxy) is 1. The zero-order valence-corrected chi connectivity index (χ0v) is 6.47. The van der Waals surface area contributed by atoms with Crippen molar-refractivity contribution in [1.82, 2.24) is 0 Å². The number of carbonyl (C=O) groups is 1. The quantitative estimate of drug-likeness (QED) is 0.419. The van der Waals surface area contributed by atoms with Crippen LogP contribution < -0.4 is 0 Å². The van der Waals surface area contributed by atoms with Gasteiger partial charge in [-0.15, -0.1) is 0 Å². The van der Waals surface area contributed by atoms with E-state index in [2.05, 4.69) is 9.26 Å². The molecule has 0 aliphatic heterocycles. The van der Waals surface area contributed by atoms with Crippen molar-refractivity contribution in [2.24, 2.45) is 0 Å². The van der Waals surface area contributed by atoms with Crippen molar-refractivity contribution in [1.29, 1.82) is 0 Å². The van der Waals surface area contributed by atoms with E-state index < -0.39 is 13.5 Å². The van der Waals surface area contributed by atoms with Crippen molar-refractivity contribution in [3.8, 4) is 0 Å². The maximum atomic E-state index is 10.7. The number of rotatable bonds is 1. The number of carbonyl (C=O) groups excluding carboxylic acids is 1. The molecular formula is C4H9O4P. The van der Waals surface area contributed by atoms with Gasteiger partial charge in [-0.1, -0.05) is 0 Å². The number of methoxy groups -OCH3 is 1. The molecule has 0 fully saturated rings. The number of hydrogen-bond acceptors (Lipinski definition) is 4. The molecule has 0 heterocycles. The largest absolute Gasteiger partial charge is 0.513 e. The Balaban J connectivity index is 3.75. The minimum atomic E-state index is -2.71. The second-order valence-corrected chi connectivity index (χ2v) is 4.48. The van der Waals surface area contributed by atoms with Gasteiger partial charge in [0.1, 0.15) is 0 Å². The monoisotopic (exact) mass is 152 g/mol. The molecule has 0 aromatic rings. The van der Waals surface area contributed by atoms with Crippen LogP contribution in [-0.2, 0) is 13.8 Å². The van der Waals surface area contributed by atoms with E-state index in [0.717, 1.165) is 7.11 Å². The molecule has 0 aliphatic carbocycles. The van der Waals surface area contributed by atoms with E-state index in [-0.39, 0.29) is 0 Å². The van der Waals surface area contributed by atoms with Crippen molar-refractivity contribution in [3.05, 3.63) is 0 Å². The fourth-order valence-corrected chi connectivity index (χ4v) is 0.650. The van der Waals surface area contributed by atoms with E-state index in [0.29, 0.717) is 0 Å². The molecule has 0 saturated carbocycles. The molecule has 54 valence electrons. The van der Waals surface area contributed by atoms with Crippen LogP contribution in [0.3, 0.4) is 0 Å². The van der Waals surface area contributed by atoms with Crippen LogP contribution in [-0.4, -0.2) is 26.6 Å². The third kappa shape index (κ3) is 5.37. The Morgan fingerprint density at radius 3 is 2.00 bits per heavy atom. The van der Waals surface area contributed by atoms with Crippen LogP contribution in [0.4, 0.5) is 4.79 Å². The summed E-state index contributed by atoms with van der Waals surface area (Å²) in [6, 6.07) is 0. The summed E-state index contributed by atoms with van der Waals surface area (Å²) in [4.78, 5) is 10.2. The van der Waals surface area contributed by atoms with E-state index in [4.69, 9.17) is 0 Å². The summed E-state index contributed by atoms with van der Waals surface area (Å²) in [5.74, 6) is 0. The van der Waals surface area contributed by atoms with Crippen LogP contribution in [0, 0.1) is 0 Å². The third-order valence-electron chi connectivity index (χ3n) is 0.461. The second kappa shape index (κ2) is 2.87. The summed E-state index contributed by atoms with van der Waals surface area (Å²) < 4.78 is 19.0. The van der Waals surface area contributed by atoms with Gasteiger partial charge in [-0.3, -0.25) is 4.57 Å². The molecule has 9 heavy (non-hydrogen) atoms. The highest BCUT2D eigenvalue weighted by atomic mass is 31.2. The topological polar surface area (TPSA) is 52.6 Å². The molecule has 0 aliphatic rings. The van der Waals surface area contributed by atoms with E-state index in [1.165, 1.54) is 13.3 Å². The fourth-order valence-electron chi connectivity index (χ4n) is 0.217. The summed E-state index contributed by atoms with van der Waals surface area (Å²) in [5.41, 5.74) is 0. The predicted molar refractivity (Wildman–Crippen MR) is 32.9 cm³/mol. The lowest BCUT2D eigenvalue weighted by Crippen LogP contribution is -2.00. The minimum Gasteiger partial charge on any atom is -0.437 e. The Kier molecular flexibility index (Phi) is 2.71. The van der Waals surface area contributed by atoms with Gasteiger partial charge < -0.3 is 9.26 Å². The van der Waals surface area contributed by atoms with Gasteiger partial charge in [-0.05, 0) is 0 Å². The van der Waals surface area contributed by atoms with Gasteiger partial charge in [0.2, 0.25) is 7.37 Å². The normalized spacial score (nSPS) is 10.6. The first kappa shape index (κ1) is 8.50. The molecule has 0 bridgehead atoms. The first-order chi connectivity index (χ1) is 3.95. The average molecular weight is 152 g/mol. The van der Waals surface area contributed by atoms with Crippen molar-refractivity contribution < 1.29 is 18.6 Å². The summed E-state index contributed by atoms with van der Waals surface area (Å²) in [6.45, 7) is 2.67. The molecule has 0 rings (SSSR count). The van der Waals surface area contributed by atoms with Crippen LogP contribution in [0.1, 0.15) is 0 Å². The van der Waals surface area contributed by atoms with Gasteiger partial charge in [0.05, 0.1) is 7.11 Å². The summed E-state index contributed by atoms with van der Waals surface area (Å²) in [6.07, 6.45) is -0.900. The Labute approximate surface area is 53.6 Å². The van der Waals surface area contributed by atoms with Gasteiger partial charge in [0.15, 0.2) is 0 Å². The van der Waals surface area contributed by atoms with Crippen molar-refractivity contribution in [2.45, 2.75) is 0 Å². The summed E-state index contributed by atoms with van der Waals surface area (Å²) in [7, 11) is -1.55. The Morgan fingerprint density at radius 2 is 1.89 bits per heavy atom. The standard InChI is InChI=1S/C4H9O4P/c1-7-4(5)8-9(2,3)6/h1-3H3. The van der Waals surface area contributed by atoms with Crippen LogP contribution in [0.2, 0.25) is 0 Å². The van der Waals surface area contributed by atoms with Gasteiger partial charge in [0, 0.05) is 13.3 Å². The van der Waals surface area contributed by atoms with Crippen LogP contribution >= 0.6 is 7.37 Å². The molecule has 0 radical (unpaired) electrons. The Hall–Kier alpha value is -0.500. The molecule has 5 heteroatoms. The van der Waals surface area contributed by atoms with Gasteiger partial charge >= 0.3 is 6.16 Å². The smallest absolute Gasteiger partial charge is 0.437 e. The maximum Gasteiger partial charge on any atom is 0.513 e. The van der Waals surface area contributed by atoms with E-state index in [1.807, 2.05) is 0 Å². The summed E-state index contributed by atoms with van der Waals surface area (Å²) in [5, 5.41) is 0. The second-order valence-electron chi connectivity index (χ2n) is 1.80. The molecule has 0 aromatic heterocycles. The molecule has 0 atom stereocenters. The van der Waals surface area contributed by atoms with E-state index >= 15 is 0 Å². The Morgan fingerprint density at radius 1 is 1.44 bits per heavy atom. The first-order valence-electron chi connectivity index (χ1n) is 2.28. The summed E-state index contributed by atoms with van der Waals surface area (Å²) >= 11 is 0. The lowest BCUT2D eigenvalue weighted by atomic mass is 11.4. The SMILES string of the molecule is COC(=O)OP(C)(C)=O. The maximum absolute atomic E-state index is 10.7. The van der Waals surface area contributed by atoms with Crippen LogP contribution in [0.25, 0.3) is 0 Å². The highest BCUT2D eigenvalue weighted by molar-refractivity contribution is 7.57. The zero-order valence-electron chi connectivity index (χ0n) is 5.58. The highest BCUT2D eigenvalue weighted by Gasteiger charge is 2.13. The number of hydrogen-bond donors (Lipinski definition) is 0. The highest BCUT2D eigenvalue weighted by Crippen LogP contribution is 2.37. The Bertz CT molecular complexity index is 147. The minimum absolute atomic E-state index is 0.900. The molecule has 4 nitrogen and oxygen atoms in total. The molecule has 0 unspecified atom stereocenters. The van der Waals surface area contributed by atoms with Gasteiger partial charge in [-0.25, -0.2) is 4.79 Å². The van der Waals surface area contributed by atoms with E-state index in [1.54, 1.807) is 0 Å². The van der Waals surface area contributed by atoms with Gasteiger partial charge in [0.25, 0.3) is 0 Å². The molecule has 0 amide bonds. The first-order valence-corrected chi connectivity index (χ1v) is 4.80. The van der Waals surface area contributed by atoms with Crippen LogP contribution in [0.15, 0.2) is 0 Å². The molecular weight excluding hydrogens is 143 g/mol. The van der Waals surface area contributed by atoms with Crippen molar-refractivity contribution >= 4 is 13.5 Å². The average Bonchev–Trinajstić information content (AvgIpc) is 1.62. The predicted octanol–water partition coefficient (Wildman–Crippen LogP) is 1.31. The lowest BCUT2D eigenvalue weighted by Gasteiger charge is -2.04. The zero-order chi connectivity index (χ0) is 7.49. The van der Waals surface area contributed by atoms with Gasteiger partial charge in [-0.2, -0.15) is 0 Å².